The van der Waals surface area contributed by atoms with Crippen LogP contribution < -0.4 is 0 Å². The van der Waals surface area contributed by atoms with Crippen LogP contribution in [0.2, 0.25) is 0 Å². The van der Waals surface area contributed by atoms with Crippen LogP contribution in [0.4, 0.5) is 4.39 Å². The molecule has 1 aromatic rings. The highest BCUT2D eigenvalue weighted by atomic mass is 79.9. The molecule has 2 aliphatic rings. The summed E-state index contributed by atoms with van der Waals surface area (Å²) in [5, 5.41) is 10.5. The lowest BCUT2D eigenvalue weighted by molar-refractivity contribution is -0.191. The minimum atomic E-state index is -0.712. The number of Topliss-reactive ketones (excluding diaryl/α,β-unsaturated/α-hetero) is 1. The summed E-state index contributed by atoms with van der Waals surface area (Å²) in [6.07, 6.45) is 5.61. The zero-order valence-electron chi connectivity index (χ0n) is 18.0. The fourth-order valence-corrected chi connectivity index (χ4v) is 4.62. The van der Waals surface area contributed by atoms with Crippen LogP contribution in [0.5, 0.6) is 0 Å². The zero-order chi connectivity index (χ0) is 22.4. The van der Waals surface area contributed by atoms with Crippen LogP contribution >= 0.6 is 15.9 Å². The average molecular weight is 493 g/mol. The van der Waals surface area contributed by atoms with Crippen molar-refractivity contribution < 1.29 is 23.8 Å². The third-order valence-electron chi connectivity index (χ3n) is 6.06. The van der Waals surface area contributed by atoms with E-state index >= 15 is 0 Å². The van der Waals surface area contributed by atoms with E-state index in [9.17, 15) is 14.3 Å². The molecule has 1 aliphatic heterocycles. The number of rotatable bonds is 7. The van der Waals surface area contributed by atoms with Crippen LogP contribution in [-0.2, 0) is 14.3 Å². The topological polar surface area (TPSA) is 55.8 Å². The van der Waals surface area contributed by atoms with Gasteiger partial charge in [-0.1, -0.05) is 31.2 Å². The number of carbonyl (C=O) groups is 1. The van der Waals surface area contributed by atoms with Crippen molar-refractivity contribution in [3.05, 3.63) is 46.2 Å². The molecule has 0 spiro atoms. The van der Waals surface area contributed by atoms with Gasteiger partial charge < -0.3 is 14.6 Å². The molecule has 0 bridgehead atoms. The maximum absolute atomic E-state index is 14.9. The first-order valence-electron chi connectivity index (χ1n) is 10.9. The molecule has 168 valence electrons. The number of hydrogen-bond acceptors (Lipinski definition) is 4. The molecule has 6 atom stereocenters. The van der Waals surface area contributed by atoms with Gasteiger partial charge in [-0.05, 0) is 54.1 Å². The van der Waals surface area contributed by atoms with E-state index in [0.29, 0.717) is 23.1 Å². The van der Waals surface area contributed by atoms with Gasteiger partial charge in [0.15, 0.2) is 6.29 Å². The summed E-state index contributed by atoms with van der Waals surface area (Å²) in [6.45, 7) is 4.34. The lowest BCUT2D eigenvalue weighted by Gasteiger charge is -2.29. The van der Waals surface area contributed by atoms with Crippen LogP contribution in [0.15, 0.2) is 34.8 Å². The number of aliphatic hydroxyl groups is 1. The molecule has 1 aromatic carbocycles. The van der Waals surface area contributed by atoms with Crippen molar-refractivity contribution in [3.8, 4) is 11.8 Å². The third-order valence-corrected chi connectivity index (χ3v) is 6.67. The highest BCUT2D eigenvalue weighted by molar-refractivity contribution is 9.10. The number of ether oxygens (including phenoxy) is 2. The summed E-state index contributed by atoms with van der Waals surface area (Å²) < 4.78 is 27.1. The van der Waals surface area contributed by atoms with Gasteiger partial charge in [-0.3, -0.25) is 4.79 Å². The Hall–Kier alpha value is -1.52. The van der Waals surface area contributed by atoms with Crippen LogP contribution in [0.25, 0.3) is 0 Å². The molecule has 2 fully saturated rings. The number of aliphatic hydroxyl groups excluding tert-OH is 1. The quantitative estimate of drug-likeness (QED) is 0.422. The van der Waals surface area contributed by atoms with E-state index in [0.717, 1.165) is 19.3 Å². The SMILES string of the molecule is CC#CC[C@H](C)[C@H](O)/C=C/[C@@H]1[C@@H](c2cccc(Br)c2F)C(=O)C[C@H]1OC1CCCCO1. The number of carbonyl (C=O) groups excluding carboxylic acids is 1. The van der Waals surface area contributed by atoms with Gasteiger partial charge in [0.05, 0.1) is 22.6 Å². The van der Waals surface area contributed by atoms with E-state index in [1.807, 2.05) is 13.0 Å². The predicted molar refractivity (Wildman–Crippen MR) is 121 cm³/mol. The van der Waals surface area contributed by atoms with E-state index < -0.39 is 23.9 Å². The maximum Gasteiger partial charge on any atom is 0.157 e. The van der Waals surface area contributed by atoms with Crippen LogP contribution in [-0.4, -0.2) is 36.0 Å². The van der Waals surface area contributed by atoms with Gasteiger partial charge >= 0.3 is 0 Å². The molecule has 0 amide bonds. The second kappa shape index (κ2) is 11.4. The third kappa shape index (κ3) is 6.04. The van der Waals surface area contributed by atoms with Crippen molar-refractivity contribution in [2.24, 2.45) is 11.8 Å². The molecule has 6 heteroatoms. The minimum absolute atomic E-state index is 0.0529. The van der Waals surface area contributed by atoms with Gasteiger partial charge in [0, 0.05) is 30.9 Å². The van der Waals surface area contributed by atoms with E-state index in [1.54, 1.807) is 31.2 Å². The van der Waals surface area contributed by atoms with Crippen molar-refractivity contribution in [2.45, 2.75) is 70.4 Å². The van der Waals surface area contributed by atoms with Crippen molar-refractivity contribution in [1.29, 1.82) is 0 Å². The van der Waals surface area contributed by atoms with Crippen molar-refractivity contribution in [2.75, 3.05) is 6.61 Å². The lowest BCUT2D eigenvalue weighted by atomic mass is 9.86. The summed E-state index contributed by atoms with van der Waals surface area (Å²) >= 11 is 3.22. The summed E-state index contributed by atoms with van der Waals surface area (Å²) in [5.74, 6) is 4.22. The summed E-state index contributed by atoms with van der Waals surface area (Å²) in [6, 6.07) is 5.00. The maximum atomic E-state index is 14.9. The molecule has 0 aromatic heterocycles. The van der Waals surface area contributed by atoms with Gasteiger partial charge in [-0.25, -0.2) is 4.39 Å². The van der Waals surface area contributed by atoms with Gasteiger partial charge in [-0.15, -0.1) is 11.8 Å². The first-order chi connectivity index (χ1) is 14.9. The normalized spacial score (nSPS) is 28.4. The fourth-order valence-electron chi connectivity index (χ4n) is 4.24. The Morgan fingerprint density at radius 2 is 2.23 bits per heavy atom. The molecule has 1 N–H and O–H groups in total. The number of benzene rings is 1. The highest BCUT2D eigenvalue weighted by Crippen LogP contribution is 2.42. The molecule has 1 saturated heterocycles. The van der Waals surface area contributed by atoms with Gasteiger partial charge in [0.2, 0.25) is 0 Å². The molecule has 4 nitrogen and oxygen atoms in total. The first kappa shape index (κ1) is 24.1. The first-order valence-corrected chi connectivity index (χ1v) is 11.7. The van der Waals surface area contributed by atoms with Gasteiger partial charge in [0.1, 0.15) is 11.6 Å². The Balaban J connectivity index is 1.86. The Morgan fingerprint density at radius 1 is 1.42 bits per heavy atom. The van der Waals surface area contributed by atoms with Crippen molar-refractivity contribution in [3.63, 3.8) is 0 Å². The standard InChI is InChI=1S/C25H30BrFO4/c1-3-4-8-16(2)20(28)13-12-17-22(31-23-11-5-6-14-30-23)15-21(29)24(17)18-9-7-10-19(26)25(18)27/h7,9-10,12-13,16-17,20,22-24,28H,5-6,8,11,14-15H2,1-2H3/b13-12+/t16-,17-,20+,22+,23?,24-/m0/s1. The number of hydrogen-bond donors (Lipinski definition) is 1. The Morgan fingerprint density at radius 3 is 2.94 bits per heavy atom. The van der Waals surface area contributed by atoms with Crippen LogP contribution in [0, 0.1) is 29.5 Å². The Bertz CT molecular complexity index is 853. The summed E-state index contributed by atoms with van der Waals surface area (Å²) in [7, 11) is 0. The molecule has 1 saturated carbocycles. The minimum Gasteiger partial charge on any atom is -0.389 e. The molecule has 1 aliphatic carbocycles. The lowest BCUT2D eigenvalue weighted by Crippen LogP contribution is -2.30. The van der Waals surface area contributed by atoms with E-state index in [-0.39, 0.29) is 30.3 Å². The monoisotopic (exact) mass is 492 g/mol. The van der Waals surface area contributed by atoms with Crippen LogP contribution in [0.3, 0.4) is 0 Å². The van der Waals surface area contributed by atoms with E-state index in [2.05, 4.69) is 27.8 Å². The van der Waals surface area contributed by atoms with Crippen molar-refractivity contribution >= 4 is 21.7 Å². The van der Waals surface area contributed by atoms with Gasteiger partial charge in [-0.2, -0.15) is 0 Å². The molecule has 1 unspecified atom stereocenters. The summed E-state index contributed by atoms with van der Waals surface area (Å²) in [5.41, 5.74) is 0.351. The Kier molecular flexibility index (Phi) is 8.85. The van der Waals surface area contributed by atoms with Crippen molar-refractivity contribution in [1.82, 2.24) is 0 Å². The fraction of sp³-hybridized carbons (Fsp3) is 0.560. The predicted octanol–water partition coefficient (Wildman–Crippen LogP) is 5.14. The molecule has 3 rings (SSSR count). The Labute approximate surface area is 192 Å². The number of ketones is 1. The molecule has 31 heavy (non-hydrogen) atoms. The van der Waals surface area contributed by atoms with E-state index in [1.165, 1.54) is 0 Å². The highest BCUT2D eigenvalue weighted by Gasteiger charge is 2.45. The second-order valence-corrected chi connectivity index (χ2v) is 9.18. The molecule has 1 heterocycles. The average Bonchev–Trinajstić information content (AvgIpc) is 3.07. The second-order valence-electron chi connectivity index (χ2n) is 8.32. The zero-order valence-corrected chi connectivity index (χ0v) is 19.6. The largest absolute Gasteiger partial charge is 0.389 e. The van der Waals surface area contributed by atoms with E-state index in [4.69, 9.17) is 9.47 Å². The molecule has 0 radical (unpaired) electrons. The number of halogens is 2. The van der Waals surface area contributed by atoms with Gasteiger partial charge in [0.25, 0.3) is 0 Å². The summed E-state index contributed by atoms with van der Waals surface area (Å²) in [4.78, 5) is 13.0. The molecular formula is C25H30BrFO4. The molecular weight excluding hydrogens is 463 g/mol. The van der Waals surface area contributed by atoms with Crippen LogP contribution in [0.1, 0.15) is 57.4 Å². The smallest absolute Gasteiger partial charge is 0.157 e.